The monoisotopic (exact) mass is 426 g/mol. The summed E-state index contributed by atoms with van der Waals surface area (Å²) >= 11 is 5.25. The van der Waals surface area contributed by atoms with Gasteiger partial charge in [-0.1, -0.05) is 24.3 Å². The molecule has 0 aromatic heterocycles. The minimum absolute atomic E-state index is 0.284. The summed E-state index contributed by atoms with van der Waals surface area (Å²) in [6, 6.07) is 13.3. The lowest BCUT2D eigenvalue weighted by Crippen LogP contribution is -2.45. The molecule has 1 aliphatic heterocycles. The van der Waals surface area contributed by atoms with Crippen molar-refractivity contribution >= 4 is 29.3 Å². The van der Waals surface area contributed by atoms with Gasteiger partial charge in [-0.05, 0) is 55.9 Å². The topological polar surface area (TPSA) is 85.9 Å². The molecule has 1 atom stereocenters. The molecule has 2 aromatic carbocycles. The van der Waals surface area contributed by atoms with Crippen molar-refractivity contribution in [3.8, 4) is 11.5 Å². The van der Waals surface area contributed by atoms with Crippen molar-refractivity contribution in [2.24, 2.45) is 0 Å². The number of ether oxygens (including phenoxy) is 3. The number of esters is 2. The molecule has 0 bridgehead atoms. The van der Waals surface area contributed by atoms with Crippen molar-refractivity contribution < 1.29 is 23.8 Å². The van der Waals surface area contributed by atoms with Gasteiger partial charge in [-0.3, -0.25) is 0 Å². The van der Waals surface area contributed by atoms with E-state index in [2.05, 4.69) is 10.6 Å². The standard InChI is InChI=1S/C22H22N2O5S/c1-4-28-17-12-15(19-18(21(26)27-3)13(2)23-22(30)24-19)10-11-16(17)29-20(25)14-8-6-5-7-9-14/h5-12,19H,4H2,1-3H3,(H2,23,24,30). The van der Waals surface area contributed by atoms with Gasteiger partial charge in [-0.15, -0.1) is 0 Å². The first kappa shape index (κ1) is 21.3. The third-order valence-electron chi connectivity index (χ3n) is 4.49. The van der Waals surface area contributed by atoms with Crippen LogP contribution >= 0.6 is 12.2 Å². The number of thiocarbonyl (C=S) groups is 1. The third kappa shape index (κ3) is 4.60. The van der Waals surface area contributed by atoms with Gasteiger partial charge in [-0.2, -0.15) is 0 Å². The van der Waals surface area contributed by atoms with E-state index in [1.165, 1.54) is 7.11 Å². The Morgan fingerprint density at radius 2 is 1.80 bits per heavy atom. The van der Waals surface area contributed by atoms with E-state index in [9.17, 15) is 9.59 Å². The van der Waals surface area contributed by atoms with Crippen LogP contribution < -0.4 is 20.1 Å². The second-order valence-electron chi connectivity index (χ2n) is 6.46. The molecule has 0 spiro atoms. The van der Waals surface area contributed by atoms with E-state index >= 15 is 0 Å². The Labute approximate surface area is 180 Å². The van der Waals surface area contributed by atoms with E-state index < -0.39 is 18.0 Å². The van der Waals surface area contributed by atoms with Crippen LogP contribution in [0.25, 0.3) is 0 Å². The molecule has 8 heteroatoms. The van der Waals surface area contributed by atoms with Crippen LogP contribution in [0.15, 0.2) is 59.8 Å². The highest BCUT2D eigenvalue weighted by Crippen LogP contribution is 2.35. The Morgan fingerprint density at radius 3 is 2.47 bits per heavy atom. The van der Waals surface area contributed by atoms with Gasteiger partial charge in [0.1, 0.15) is 0 Å². The Hall–Kier alpha value is -3.39. The summed E-state index contributed by atoms with van der Waals surface area (Å²) < 4.78 is 16.2. The van der Waals surface area contributed by atoms with Crippen LogP contribution in [0.3, 0.4) is 0 Å². The van der Waals surface area contributed by atoms with Crippen LogP contribution in [-0.2, 0) is 9.53 Å². The predicted octanol–water partition coefficient (Wildman–Crippen LogP) is 3.27. The predicted molar refractivity (Wildman–Crippen MR) is 115 cm³/mol. The summed E-state index contributed by atoms with van der Waals surface area (Å²) in [6.45, 7) is 3.96. The summed E-state index contributed by atoms with van der Waals surface area (Å²) in [7, 11) is 1.32. The highest BCUT2D eigenvalue weighted by Gasteiger charge is 2.31. The molecule has 1 aliphatic rings. The fourth-order valence-electron chi connectivity index (χ4n) is 3.11. The fourth-order valence-corrected chi connectivity index (χ4v) is 3.39. The van der Waals surface area contributed by atoms with Crippen molar-refractivity contribution in [3.05, 3.63) is 70.9 Å². The molecule has 1 heterocycles. The minimum Gasteiger partial charge on any atom is -0.490 e. The van der Waals surface area contributed by atoms with Gasteiger partial charge in [0.15, 0.2) is 16.6 Å². The van der Waals surface area contributed by atoms with Crippen molar-refractivity contribution in [1.82, 2.24) is 10.6 Å². The highest BCUT2D eigenvalue weighted by molar-refractivity contribution is 7.80. The zero-order valence-corrected chi connectivity index (χ0v) is 17.7. The second-order valence-corrected chi connectivity index (χ2v) is 6.86. The number of methoxy groups -OCH3 is 1. The molecule has 156 valence electrons. The zero-order chi connectivity index (χ0) is 21.7. The van der Waals surface area contributed by atoms with Gasteiger partial charge in [0.2, 0.25) is 0 Å². The molecular formula is C22H22N2O5S. The Balaban J connectivity index is 1.96. The number of carbonyl (C=O) groups excluding carboxylic acids is 2. The lowest BCUT2D eigenvalue weighted by molar-refractivity contribution is -0.136. The van der Waals surface area contributed by atoms with E-state index in [1.54, 1.807) is 49.4 Å². The van der Waals surface area contributed by atoms with Gasteiger partial charge >= 0.3 is 11.9 Å². The smallest absolute Gasteiger partial charge is 0.343 e. The second kappa shape index (κ2) is 9.41. The van der Waals surface area contributed by atoms with E-state index in [-0.39, 0.29) is 5.75 Å². The fraction of sp³-hybridized carbons (Fsp3) is 0.227. The summed E-state index contributed by atoms with van der Waals surface area (Å²) in [5, 5.41) is 6.41. The molecule has 1 unspecified atom stereocenters. The van der Waals surface area contributed by atoms with Crippen LogP contribution in [0.1, 0.15) is 35.8 Å². The molecule has 0 fully saturated rings. The van der Waals surface area contributed by atoms with Crippen molar-refractivity contribution in [1.29, 1.82) is 0 Å². The summed E-state index contributed by atoms with van der Waals surface area (Å²) in [4.78, 5) is 24.8. The van der Waals surface area contributed by atoms with Crippen LogP contribution in [0.4, 0.5) is 0 Å². The zero-order valence-electron chi connectivity index (χ0n) is 16.9. The normalized spacial score (nSPS) is 15.7. The van der Waals surface area contributed by atoms with Gasteiger partial charge in [0, 0.05) is 5.70 Å². The maximum atomic E-state index is 12.4. The SMILES string of the molecule is CCOc1cc(C2NC(=S)NC(C)=C2C(=O)OC)ccc1OC(=O)c1ccccc1. The maximum Gasteiger partial charge on any atom is 0.343 e. The first-order valence-corrected chi connectivity index (χ1v) is 9.76. The number of hydrogen-bond donors (Lipinski definition) is 2. The average Bonchev–Trinajstić information content (AvgIpc) is 2.74. The first-order chi connectivity index (χ1) is 14.4. The molecule has 30 heavy (non-hydrogen) atoms. The minimum atomic E-state index is -0.538. The summed E-state index contributed by atoms with van der Waals surface area (Å²) in [6.07, 6.45) is 0. The molecule has 0 amide bonds. The lowest BCUT2D eigenvalue weighted by Gasteiger charge is -2.30. The molecule has 0 aliphatic carbocycles. The number of nitrogens with one attached hydrogen (secondary N) is 2. The van der Waals surface area contributed by atoms with Gasteiger partial charge < -0.3 is 24.8 Å². The Kier molecular flexibility index (Phi) is 6.68. The van der Waals surface area contributed by atoms with E-state index in [0.717, 1.165) is 0 Å². The molecule has 2 aromatic rings. The van der Waals surface area contributed by atoms with Gasteiger partial charge in [-0.25, -0.2) is 9.59 Å². The first-order valence-electron chi connectivity index (χ1n) is 9.35. The average molecular weight is 426 g/mol. The van der Waals surface area contributed by atoms with Crippen LogP contribution in [0.2, 0.25) is 0 Å². The molecule has 7 nitrogen and oxygen atoms in total. The highest BCUT2D eigenvalue weighted by atomic mass is 32.1. The van der Waals surface area contributed by atoms with Gasteiger partial charge in [0.05, 0.1) is 30.9 Å². The number of rotatable bonds is 6. The molecule has 0 radical (unpaired) electrons. The Bertz CT molecular complexity index is 1000. The molecule has 3 rings (SSSR count). The van der Waals surface area contributed by atoms with E-state index in [4.69, 9.17) is 26.4 Å². The number of allylic oxidation sites excluding steroid dienone is 1. The number of benzene rings is 2. The quantitative estimate of drug-likeness (QED) is 0.414. The van der Waals surface area contributed by atoms with E-state index in [0.29, 0.717) is 39.9 Å². The van der Waals surface area contributed by atoms with Crippen molar-refractivity contribution in [2.45, 2.75) is 19.9 Å². The van der Waals surface area contributed by atoms with Crippen molar-refractivity contribution in [2.75, 3.05) is 13.7 Å². The molecule has 0 saturated heterocycles. The Morgan fingerprint density at radius 1 is 1.07 bits per heavy atom. The summed E-state index contributed by atoms with van der Waals surface area (Å²) in [5.74, 6) is -0.298. The largest absolute Gasteiger partial charge is 0.490 e. The van der Waals surface area contributed by atoms with Gasteiger partial charge in [0.25, 0.3) is 0 Å². The lowest BCUT2D eigenvalue weighted by atomic mass is 9.95. The number of hydrogen-bond acceptors (Lipinski definition) is 6. The summed E-state index contributed by atoms with van der Waals surface area (Å²) in [5.41, 5.74) is 2.15. The molecule has 0 saturated carbocycles. The van der Waals surface area contributed by atoms with Crippen molar-refractivity contribution in [3.63, 3.8) is 0 Å². The van der Waals surface area contributed by atoms with Crippen LogP contribution in [0, 0.1) is 0 Å². The van der Waals surface area contributed by atoms with E-state index in [1.807, 2.05) is 13.0 Å². The van der Waals surface area contributed by atoms with Crippen LogP contribution in [0.5, 0.6) is 11.5 Å². The van der Waals surface area contributed by atoms with Crippen LogP contribution in [-0.4, -0.2) is 30.8 Å². The third-order valence-corrected chi connectivity index (χ3v) is 4.71. The molecular weight excluding hydrogens is 404 g/mol. The maximum absolute atomic E-state index is 12.4. The molecule has 2 N–H and O–H groups in total. The number of carbonyl (C=O) groups is 2.